The molecule has 0 N–H and O–H groups in total. The number of halogens is 1. The van der Waals surface area contributed by atoms with Gasteiger partial charge in [-0.15, -0.1) is 0 Å². The van der Waals surface area contributed by atoms with Crippen LogP contribution in [0.25, 0.3) is 5.41 Å². The van der Waals surface area contributed by atoms with E-state index in [4.69, 9.17) is 0 Å². The molecule has 0 aromatic heterocycles. The number of hydrogen-bond donors (Lipinski definition) is 0. The number of rotatable bonds is 2. The molecule has 1 nitrogen and oxygen atoms in total. The molecule has 1 aliphatic carbocycles. The van der Waals surface area contributed by atoms with Gasteiger partial charge in [-0.1, -0.05) is 0 Å². The van der Waals surface area contributed by atoms with E-state index in [2.05, 4.69) is 27.7 Å². The maximum Gasteiger partial charge on any atom is 0.0498 e. The standard InChI is InChI=1S/C12H17N.ClH.Sc/c1-8(2)10-6-5-7-11(9(3)4)12(10)13;;/h5-9H,1-4H3;1H;/p-1. The monoisotopic (exact) mass is 255 g/mol. The first-order chi connectivity index (χ1) is 6.04. The number of hydrogen-bond acceptors (Lipinski definition) is 0. The van der Waals surface area contributed by atoms with Gasteiger partial charge in [-0.05, 0) is 33.4 Å². The summed E-state index contributed by atoms with van der Waals surface area (Å²) in [4.78, 5) is 0. The molecule has 0 aromatic carbocycles. The van der Waals surface area contributed by atoms with Crippen molar-refractivity contribution < 1.29 is 38.3 Å². The maximum atomic E-state index is 9.93. The fraction of sp³-hybridized carbons (Fsp3) is 0.500. The fourth-order valence-corrected chi connectivity index (χ4v) is 1.51. The van der Waals surface area contributed by atoms with E-state index >= 15 is 0 Å². The van der Waals surface area contributed by atoms with Gasteiger partial charge in [0.2, 0.25) is 0 Å². The van der Waals surface area contributed by atoms with E-state index in [1.807, 2.05) is 18.6 Å². The summed E-state index contributed by atoms with van der Waals surface area (Å²) in [6.45, 7) is 8.39. The van der Waals surface area contributed by atoms with Crippen LogP contribution in [0.2, 0.25) is 0 Å². The van der Waals surface area contributed by atoms with Crippen molar-refractivity contribution >= 4 is 5.71 Å². The zero-order valence-corrected chi connectivity index (χ0v) is 12.3. The fourth-order valence-electron chi connectivity index (χ4n) is 1.51. The zero-order valence-electron chi connectivity index (χ0n) is 9.79. The third kappa shape index (κ3) is 4.28. The third-order valence-electron chi connectivity index (χ3n) is 2.34. The molecule has 0 aromatic rings. The molecule has 15 heavy (non-hydrogen) atoms. The molecule has 0 spiro atoms. The Morgan fingerprint density at radius 2 is 1.33 bits per heavy atom. The summed E-state index contributed by atoms with van der Waals surface area (Å²) in [5.41, 5.74) is 2.57. The van der Waals surface area contributed by atoms with Crippen molar-refractivity contribution in [2.45, 2.75) is 27.7 Å². The van der Waals surface area contributed by atoms with Crippen LogP contribution >= 0.6 is 0 Å². The van der Waals surface area contributed by atoms with Gasteiger partial charge >= 0.3 is 0 Å². The van der Waals surface area contributed by atoms with E-state index in [1.165, 1.54) is 0 Å². The molecule has 0 heterocycles. The van der Waals surface area contributed by atoms with Crippen molar-refractivity contribution in [1.82, 2.24) is 0 Å². The van der Waals surface area contributed by atoms with Crippen LogP contribution in [0.15, 0.2) is 23.3 Å². The minimum Gasteiger partial charge on any atom is -1.00 e. The third-order valence-corrected chi connectivity index (χ3v) is 2.34. The second kappa shape index (κ2) is 7.45. The summed E-state index contributed by atoms with van der Waals surface area (Å²) in [6.07, 6.45) is 6.00. The van der Waals surface area contributed by atoms with Gasteiger partial charge in [-0.3, -0.25) is 0 Å². The van der Waals surface area contributed by atoms with Crippen molar-refractivity contribution in [1.29, 1.82) is 0 Å². The van der Waals surface area contributed by atoms with Crippen molar-refractivity contribution in [2.75, 3.05) is 0 Å². The Hall–Kier alpha value is 0.180. The van der Waals surface area contributed by atoms with Crippen molar-refractivity contribution in [3.05, 3.63) is 35.1 Å². The van der Waals surface area contributed by atoms with Gasteiger partial charge in [-0.2, -0.15) is 0 Å². The Morgan fingerprint density at radius 3 is 1.60 bits per heavy atom. The molecule has 0 amide bonds. The van der Waals surface area contributed by atoms with E-state index in [9.17, 15) is 5.41 Å². The van der Waals surface area contributed by atoms with Crippen LogP contribution < -0.4 is 12.4 Å². The topological polar surface area (TPSA) is 22.3 Å². The van der Waals surface area contributed by atoms with E-state index in [1.54, 1.807) is 0 Å². The van der Waals surface area contributed by atoms with Crippen molar-refractivity contribution in [3.8, 4) is 0 Å². The first kappa shape index (κ1) is 17.6. The van der Waals surface area contributed by atoms with Crippen molar-refractivity contribution in [3.63, 3.8) is 0 Å². The first-order valence-corrected chi connectivity index (χ1v) is 4.85. The minimum atomic E-state index is 0. The Balaban J connectivity index is 0. The predicted molar refractivity (Wildman–Crippen MR) is 58.5 cm³/mol. The summed E-state index contributed by atoms with van der Waals surface area (Å²) in [7, 11) is 0. The molecule has 81 valence electrons. The van der Waals surface area contributed by atoms with Crippen LogP contribution in [0.5, 0.6) is 0 Å². The van der Waals surface area contributed by atoms with Gasteiger partial charge in [0.15, 0.2) is 0 Å². The summed E-state index contributed by atoms with van der Waals surface area (Å²) in [6, 6.07) is 0. The van der Waals surface area contributed by atoms with Crippen LogP contribution in [-0.2, 0) is 25.8 Å². The summed E-state index contributed by atoms with van der Waals surface area (Å²) >= 11 is 0. The van der Waals surface area contributed by atoms with Crippen molar-refractivity contribution in [2.24, 2.45) is 11.8 Å². The van der Waals surface area contributed by atoms with Crippen LogP contribution in [0, 0.1) is 18.3 Å². The second-order valence-corrected chi connectivity index (χ2v) is 4.09. The zero-order chi connectivity index (χ0) is 10.0. The molecule has 0 atom stereocenters. The molecule has 0 saturated carbocycles. The van der Waals surface area contributed by atoms with Crippen LogP contribution in [0.4, 0.5) is 0 Å². The van der Waals surface area contributed by atoms with Gasteiger partial charge in [0.25, 0.3) is 0 Å². The molecule has 0 bridgehead atoms. The van der Waals surface area contributed by atoms with Gasteiger partial charge in [-0.25, -0.2) is 0 Å². The molecule has 0 fully saturated rings. The molecule has 1 rings (SSSR count). The molecule has 0 saturated heterocycles. The summed E-state index contributed by atoms with van der Waals surface area (Å²) in [5.74, 6) is 0.775. The second-order valence-electron chi connectivity index (χ2n) is 4.09. The largest absolute Gasteiger partial charge is 1.00 e. The van der Waals surface area contributed by atoms with E-state index in [0.29, 0.717) is 17.5 Å². The van der Waals surface area contributed by atoms with Gasteiger partial charge in [0, 0.05) is 67.4 Å². The Labute approximate surface area is 118 Å². The first-order valence-electron chi connectivity index (χ1n) is 4.85. The Bertz CT molecular complexity index is 251. The maximum absolute atomic E-state index is 9.93. The molecule has 0 aliphatic heterocycles. The number of nitrogens with zero attached hydrogens (tertiary/aromatic N) is 1. The predicted octanol–water partition coefficient (Wildman–Crippen LogP) is 0.381. The molecule has 3 heteroatoms. The average Bonchev–Trinajstić information content (AvgIpc) is 2.03. The van der Waals surface area contributed by atoms with Gasteiger partial charge < -0.3 is 17.8 Å². The van der Waals surface area contributed by atoms with Gasteiger partial charge in [0.05, 0.1) is 0 Å². The van der Waals surface area contributed by atoms with E-state index in [0.717, 1.165) is 11.1 Å². The van der Waals surface area contributed by atoms with Crippen LogP contribution in [0.1, 0.15) is 27.7 Å². The molecule has 1 aliphatic rings. The van der Waals surface area contributed by atoms with Gasteiger partial charge in [0.1, 0.15) is 0 Å². The smallest absolute Gasteiger partial charge is 0.0498 e. The summed E-state index contributed by atoms with van der Waals surface area (Å²) in [5, 5.41) is 9.93. The molecule has 0 unspecified atom stereocenters. The normalized spacial score (nSPS) is 14.9. The minimum absolute atomic E-state index is 0. The molecule has 1 radical (unpaired) electrons. The summed E-state index contributed by atoms with van der Waals surface area (Å²) < 4.78 is 0. The quantitative estimate of drug-likeness (QED) is 0.637. The Morgan fingerprint density at radius 1 is 1.00 bits per heavy atom. The molecular formula is C12H17ClNSc-. The SMILES string of the molecule is CC(C)C1=C[CH+]C=C(C(C)C)C1=[N-].[Cl-].[Sc]. The van der Waals surface area contributed by atoms with E-state index in [-0.39, 0.29) is 38.3 Å². The van der Waals surface area contributed by atoms with Crippen LogP contribution in [0.3, 0.4) is 0 Å². The number of allylic oxidation sites excluding steroid dienone is 4. The molecular weight excluding hydrogens is 239 g/mol. The Kier molecular flexibility index (Phi) is 8.73. The van der Waals surface area contributed by atoms with E-state index < -0.39 is 0 Å². The average molecular weight is 256 g/mol. The van der Waals surface area contributed by atoms with Crippen LogP contribution in [-0.4, -0.2) is 5.71 Å².